The van der Waals surface area contributed by atoms with Crippen LogP contribution in [-0.4, -0.2) is 49.4 Å². The van der Waals surface area contributed by atoms with Gasteiger partial charge in [-0.05, 0) is 37.1 Å². The Morgan fingerprint density at radius 1 is 1.10 bits per heavy atom. The van der Waals surface area contributed by atoms with E-state index in [0.717, 1.165) is 37.2 Å². The van der Waals surface area contributed by atoms with Crippen molar-refractivity contribution in [1.29, 1.82) is 0 Å². The Bertz CT molecular complexity index is 1020. The lowest BCUT2D eigenvalue weighted by atomic mass is 10.1. The van der Waals surface area contributed by atoms with Crippen molar-refractivity contribution >= 4 is 34.9 Å². The molecule has 2 aliphatic heterocycles. The summed E-state index contributed by atoms with van der Waals surface area (Å²) in [5.41, 5.74) is 3.85. The second-order valence-electron chi connectivity index (χ2n) is 7.66. The molecule has 1 fully saturated rings. The van der Waals surface area contributed by atoms with Crippen molar-refractivity contribution in [3.63, 3.8) is 0 Å². The SMILES string of the molecule is C=C1c2ccccc2C(=O)N1CCC(=O)Nc1cc(C(=O)OC)ccc1N1CCCC1. The minimum Gasteiger partial charge on any atom is -0.465 e. The van der Waals surface area contributed by atoms with Gasteiger partial charge in [0.1, 0.15) is 0 Å². The topological polar surface area (TPSA) is 79.0 Å². The van der Waals surface area contributed by atoms with Crippen LogP contribution in [0.5, 0.6) is 0 Å². The normalized spacial score (nSPS) is 15.3. The van der Waals surface area contributed by atoms with Crippen LogP contribution in [0, 0.1) is 0 Å². The molecule has 0 radical (unpaired) electrons. The van der Waals surface area contributed by atoms with Crippen LogP contribution in [0.1, 0.15) is 45.5 Å². The number of carbonyl (C=O) groups excluding carboxylic acids is 3. The van der Waals surface area contributed by atoms with Crippen molar-refractivity contribution in [1.82, 2.24) is 4.90 Å². The number of carbonyl (C=O) groups is 3. The standard InChI is InChI=1S/C24H25N3O4/c1-16-18-7-3-4-8-19(18)23(29)27(16)14-11-22(28)25-20-15-17(24(30)31-2)9-10-21(20)26-12-5-6-13-26/h3-4,7-10,15H,1,5-6,11-14H2,2H3,(H,25,28). The fourth-order valence-electron chi connectivity index (χ4n) is 4.11. The van der Waals surface area contributed by atoms with Crippen LogP contribution in [-0.2, 0) is 9.53 Å². The highest BCUT2D eigenvalue weighted by atomic mass is 16.5. The minimum atomic E-state index is -0.458. The molecule has 0 spiro atoms. The number of benzene rings is 2. The average Bonchev–Trinajstić information content (AvgIpc) is 3.40. The second-order valence-corrected chi connectivity index (χ2v) is 7.66. The Kier molecular flexibility index (Phi) is 5.75. The van der Waals surface area contributed by atoms with E-state index in [9.17, 15) is 14.4 Å². The second kappa shape index (κ2) is 8.63. The maximum atomic E-state index is 12.8. The van der Waals surface area contributed by atoms with Crippen molar-refractivity contribution in [2.24, 2.45) is 0 Å². The van der Waals surface area contributed by atoms with Crippen LogP contribution in [0.25, 0.3) is 5.70 Å². The van der Waals surface area contributed by atoms with Gasteiger partial charge in [0.25, 0.3) is 5.91 Å². The maximum absolute atomic E-state index is 12.8. The first-order valence-electron chi connectivity index (χ1n) is 10.4. The molecule has 0 atom stereocenters. The molecular formula is C24H25N3O4. The molecule has 2 aromatic carbocycles. The zero-order chi connectivity index (χ0) is 22.0. The number of nitrogens with one attached hydrogen (secondary N) is 1. The van der Waals surface area contributed by atoms with Crippen LogP contribution in [0.15, 0.2) is 49.0 Å². The molecule has 0 aromatic heterocycles. The lowest BCUT2D eigenvalue weighted by Crippen LogP contribution is -2.28. The number of amides is 2. The quantitative estimate of drug-likeness (QED) is 0.725. The third kappa shape index (κ3) is 4.03. The molecule has 0 aliphatic carbocycles. The number of hydrogen-bond acceptors (Lipinski definition) is 5. The van der Waals surface area contributed by atoms with Crippen LogP contribution in [0.3, 0.4) is 0 Å². The zero-order valence-electron chi connectivity index (χ0n) is 17.5. The van der Waals surface area contributed by atoms with Gasteiger partial charge in [0.15, 0.2) is 0 Å². The zero-order valence-corrected chi connectivity index (χ0v) is 17.5. The maximum Gasteiger partial charge on any atom is 0.337 e. The summed E-state index contributed by atoms with van der Waals surface area (Å²) in [6, 6.07) is 12.5. The van der Waals surface area contributed by atoms with Gasteiger partial charge in [-0.2, -0.15) is 0 Å². The van der Waals surface area contributed by atoms with E-state index < -0.39 is 5.97 Å². The molecule has 0 bridgehead atoms. The number of nitrogens with zero attached hydrogens (tertiary/aromatic N) is 2. The fraction of sp³-hybridized carbons (Fsp3) is 0.292. The summed E-state index contributed by atoms with van der Waals surface area (Å²) in [5.74, 6) is -0.835. The molecular weight excluding hydrogens is 394 g/mol. The van der Waals surface area contributed by atoms with E-state index in [4.69, 9.17) is 4.74 Å². The highest BCUT2D eigenvalue weighted by Gasteiger charge is 2.30. The molecule has 7 heteroatoms. The molecule has 2 aromatic rings. The van der Waals surface area contributed by atoms with Gasteiger partial charge in [0, 0.05) is 42.9 Å². The van der Waals surface area contributed by atoms with E-state index in [1.807, 2.05) is 24.3 Å². The third-order valence-electron chi connectivity index (χ3n) is 5.74. The first-order chi connectivity index (χ1) is 15.0. The molecule has 1 saturated heterocycles. The molecule has 2 aliphatic rings. The first-order valence-corrected chi connectivity index (χ1v) is 10.4. The molecule has 0 unspecified atom stereocenters. The van der Waals surface area contributed by atoms with Gasteiger partial charge < -0.3 is 19.9 Å². The first kappa shape index (κ1) is 20.7. The van der Waals surface area contributed by atoms with E-state index in [2.05, 4.69) is 16.8 Å². The number of rotatable bonds is 6. The molecule has 4 rings (SSSR count). The Hall–Kier alpha value is -3.61. The Labute approximate surface area is 181 Å². The predicted molar refractivity (Wildman–Crippen MR) is 119 cm³/mol. The number of fused-ring (bicyclic) bond motifs is 1. The summed E-state index contributed by atoms with van der Waals surface area (Å²) in [5, 5.41) is 2.93. The molecule has 2 amide bonds. The fourth-order valence-corrected chi connectivity index (χ4v) is 4.11. The molecule has 31 heavy (non-hydrogen) atoms. The molecule has 1 N–H and O–H groups in total. The largest absolute Gasteiger partial charge is 0.465 e. The third-order valence-corrected chi connectivity index (χ3v) is 5.74. The van der Waals surface area contributed by atoms with Crippen LogP contribution >= 0.6 is 0 Å². The summed E-state index contributed by atoms with van der Waals surface area (Å²) in [6.07, 6.45) is 2.29. The van der Waals surface area contributed by atoms with Crippen LogP contribution in [0.2, 0.25) is 0 Å². The van der Waals surface area contributed by atoms with Crippen LogP contribution in [0.4, 0.5) is 11.4 Å². The van der Waals surface area contributed by atoms with E-state index in [1.165, 1.54) is 12.0 Å². The van der Waals surface area contributed by atoms with Crippen molar-refractivity contribution in [3.8, 4) is 0 Å². The smallest absolute Gasteiger partial charge is 0.337 e. The predicted octanol–water partition coefficient (Wildman–Crippen LogP) is 3.53. The molecule has 160 valence electrons. The molecule has 7 nitrogen and oxygen atoms in total. The van der Waals surface area contributed by atoms with Crippen molar-refractivity contribution in [3.05, 3.63) is 65.7 Å². The summed E-state index contributed by atoms with van der Waals surface area (Å²) in [7, 11) is 1.33. The van der Waals surface area contributed by atoms with E-state index in [-0.39, 0.29) is 24.8 Å². The number of esters is 1. The number of anilines is 2. The molecule has 2 heterocycles. The summed E-state index contributed by atoms with van der Waals surface area (Å²) >= 11 is 0. The van der Waals surface area contributed by atoms with Gasteiger partial charge in [-0.15, -0.1) is 0 Å². The summed E-state index contributed by atoms with van der Waals surface area (Å²) < 4.78 is 4.81. The monoisotopic (exact) mass is 419 g/mol. The van der Waals surface area contributed by atoms with Gasteiger partial charge in [0.05, 0.1) is 24.0 Å². The highest BCUT2D eigenvalue weighted by Crippen LogP contribution is 2.32. The Morgan fingerprint density at radius 3 is 2.48 bits per heavy atom. The van der Waals surface area contributed by atoms with Gasteiger partial charge >= 0.3 is 5.97 Å². The van der Waals surface area contributed by atoms with Gasteiger partial charge in [-0.25, -0.2) is 4.79 Å². The van der Waals surface area contributed by atoms with E-state index >= 15 is 0 Å². The van der Waals surface area contributed by atoms with Crippen molar-refractivity contribution < 1.29 is 19.1 Å². The van der Waals surface area contributed by atoms with Crippen molar-refractivity contribution in [2.75, 3.05) is 37.0 Å². The van der Waals surface area contributed by atoms with E-state index in [1.54, 1.807) is 18.2 Å². The summed E-state index contributed by atoms with van der Waals surface area (Å²) in [6.45, 7) is 6.05. The van der Waals surface area contributed by atoms with Gasteiger partial charge in [0.2, 0.25) is 5.91 Å². The van der Waals surface area contributed by atoms with E-state index in [0.29, 0.717) is 22.5 Å². The Morgan fingerprint density at radius 2 is 1.81 bits per heavy atom. The lowest BCUT2D eigenvalue weighted by molar-refractivity contribution is -0.116. The highest BCUT2D eigenvalue weighted by molar-refractivity contribution is 6.09. The minimum absolute atomic E-state index is 0.112. The molecule has 0 saturated carbocycles. The van der Waals surface area contributed by atoms with Gasteiger partial charge in [-0.3, -0.25) is 9.59 Å². The lowest BCUT2D eigenvalue weighted by Gasteiger charge is -2.23. The Balaban J connectivity index is 1.47. The number of hydrogen-bond donors (Lipinski definition) is 1. The van der Waals surface area contributed by atoms with Crippen LogP contribution < -0.4 is 10.2 Å². The number of ether oxygens (including phenoxy) is 1. The van der Waals surface area contributed by atoms with Gasteiger partial charge in [-0.1, -0.05) is 24.8 Å². The van der Waals surface area contributed by atoms with Crippen molar-refractivity contribution in [2.45, 2.75) is 19.3 Å². The number of methoxy groups -OCH3 is 1. The summed E-state index contributed by atoms with van der Waals surface area (Å²) in [4.78, 5) is 41.1. The average molecular weight is 419 g/mol.